The summed E-state index contributed by atoms with van der Waals surface area (Å²) in [6, 6.07) is 0. The minimum Gasteiger partial charge on any atom is -0.0620 e. The first-order chi connectivity index (χ1) is 10.9. The standard InChI is InChI=1S/C24H40/c1-13-10-16-12-21(6)17(16)15(3)18(21)19-22(7)11-14(2)23(22,8)24(19,9)20(13,4)5/h13-19H,10-12H2,1-9H3. The monoisotopic (exact) mass is 328 g/mol. The van der Waals surface area contributed by atoms with Gasteiger partial charge < -0.3 is 0 Å². The van der Waals surface area contributed by atoms with Crippen LogP contribution in [0.2, 0.25) is 0 Å². The molecule has 5 fully saturated rings. The number of fused-ring (bicyclic) bond motifs is 7. The molecular weight excluding hydrogens is 288 g/mol. The smallest absolute Gasteiger partial charge is 0.0174 e. The molecule has 5 saturated carbocycles. The Bertz CT molecular complexity index is 618. The predicted octanol–water partition coefficient (Wildman–Crippen LogP) is 6.65. The highest BCUT2D eigenvalue weighted by molar-refractivity contribution is 5.35. The summed E-state index contributed by atoms with van der Waals surface area (Å²) in [7, 11) is 0. The second kappa shape index (κ2) is 3.82. The van der Waals surface area contributed by atoms with Gasteiger partial charge in [0.25, 0.3) is 0 Å². The molecule has 0 amide bonds. The molecule has 136 valence electrons. The summed E-state index contributed by atoms with van der Waals surface area (Å²) in [5.41, 5.74) is 2.83. The molecule has 24 heavy (non-hydrogen) atoms. The van der Waals surface area contributed by atoms with Crippen LogP contribution >= 0.6 is 0 Å². The van der Waals surface area contributed by atoms with E-state index in [0.29, 0.717) is 27.1 Å². The van der Waals surface area contributed by atoms with Crippen molar-refractivity contribution in [2.45, 2.75) is 81.6 Å². The van der Waals surface area contributed by atoms with E-state index < -0.39 is 0 Å². The van der Waals surface area contributed by atoms with E-state index in [1.165, 1.54) is 12.8 Å². The Morgan fingerprint density at radius 1 is 0.708 bits per heavy atom. The summed E-state index contributed by atoms with van der Waals surface area (Å²) in [6.45, 7) is 23.9. The average Bonchev–Trinajstić information content (AvgIpc) is 2.51. The van der Waals surface area contributed by atoms with E-state index in [2.05, 4.69) is 62.3 Å². The number of hydrogen-bond acceptors (Lipinski definition) is 0. The zero-order chi connectivity index (χ0) is 17.7. The molecule has 0 aromatic carbocycles. The largest absolute Gasteiger partial charge is 0.0620 e. The van der Waals surface area contributed by atoms with Crippen molar-refractivity contribution in [2.75, 3.05) is 0 Å². The zero-order valence-electron chi connectivity index (χ0n) is 17.7. The third-order valence-corrected chi connectivity index (χ3v) is 12.7. The number of hydrogen-bond donors (Lipinski definition) is 0. The van der Waals surface area contributed by atoms with Crippen molar-refractivity contribution < 1.29 is 0 Å². The van der Waals surface area contributed by atoms with Gasteiger partial charge in [0, 0.05) is 0 Å². The summed E-state index contributed by atoms with van der Waals surface area (Å²) in [5.74, 6) is 6.79. The molecule has 0 aliphatic heterocycles. The van der Waals surface area contributed by atoms with Crippen LogP contribution in [0.1, 0.15) is 81.6 Å². The van der Waals surface area contributed by atoms with E-state index in [1.54, 1.807) is 6.42 Å². The molecular formula is C24H40. The maximum atomic E-state index is 2.75. The van der Waals surface area contributed by atoms with Crippen LogP contribution in [0.5, 0.6) is 0 Å². The van der Waals surface area contributed by atoms with Crippen molar-refractivity contribution in [3.8, 4) is 0 Å². The molecule has 0 aromatic heterocycles. The molecule has 0 heterocycles. The second-order valence-electron chi connectivity index (χ2n) is 12.6. The lowest BCUT2D eigenvalue weighted by Crippen LogP contribution is -2.85. The number of rotatable bonds is 0. The van der Waals surface area contributed by atoms with Gasteiger partial charge in [0.05, 0.1) is 0 Å². The van der Waals surface area contributed by atoms with E-state index in [0.717, 1.165) is 41.4 Å². The van der Waals surface area contributed by atoms with Crippen LogP contribution in [0.4, 0.5) is 0 Å². The Hall–Kier alpha value is 0. The topological polar surface area (TPSA) is 0 Å². The van der Waals surface area contributed by atoms with Gasteiger partial charge >= 0.3 is 0 Å². The highest BCUT2D eigenvalue weighted by atomic mass is 14.9. The van der Waals surface area contributed by atoms with Crippen LogP contribution in [0.3, 0.4) is 0 Å². The van der Waals surface area contributed by atoms with E-state index in [9.17, 15) is 0 Å². The van der Waals surface area contributed by atoms with Gasteiger partial charge in [0.2, 0.25) is 0 Å². The Morgan fingerprint density at radius 2 is 1.33 bits per heavy atom. The predicted molar refractivity (Wildman–Crippen MR) is 102 cm³/mol. The molecule has 5 aliphatic rings. The molecule has 5 rings (SSSR count). The highest BCUT2D eigenvalue weighted by Gasteiger charge is 2.88. The molecule has 0 nitrogen and oxygen atoms in total. The lowest BCUT2D eigenvalue weighted by atomic mass is 9.14. The van der Waals surface area contributed by atoms with Crippen molar-refractivity contribution in [2.24, 2.45) is 68.5 Å². The maximum absolute atomic E-state index is 2.75. The van der Waals surface area contributed by atoms with Gasteiger partial charge in [0.1, 0.15) is 0 Å². The first-order valence-corrected chi connectivity index (χ1v) is 10.9. The van der Waals surface area contributed by atoms with Crippen molar-refractivity contribution in [1.29, 1.82) is 0 Å². The van der Waals surface area contributed by atoms with Crippen molar-refractivity contribution in [3.63, 3.8) is 0 Å². The summed E-state index contributed by atoms with van der Waals surface area (Å²) in [6.07, 6.45) is 4.53. The maximum Gasteiger partial charge on any atom is -0.0174 e. The minimum absolute atomic E-state index is 0.460. The van der Waals surface area contributed by atoms with Gasteiger partial charge in [-0.3, -0.25) is 0 Å². The molecule has 2 bridgehead atoms. The van der Waals surface area contributed by atoms with Crippen LogP contribution in [-0.4, -0.2) is 0 Å². The fourth-order valence-electron chi connectivity index (χ4n) is 11.2. The Balaban J connectivity index is 1.72. The van der Waals surface area contributed by atoms with Gasteiger partial charge in [-0.2, -0.15) is 0 Å². The van der Waals surface area contributed by atoms with E-state index in [-0.39, 0.29) is 0 Å². The Morgan fingerprint density at radius 3 is 1.88 bits per heavy atom. The third kappa shape index (κ3) is 1.12. The third-order valence-electron chi connectivity index (χ3n) is 12.7. The highest BCUT2D eigenvalue weighted by Crippen LogP contribution is 2.93. The molecule has 0 spiro atoms. The summed E-state index contributed by atoms with van der Waals surface area (Å²) in [4.78, 5) is 0. The molecule has 0 N–H and O–H groups in total. The molecule has 0 heteroatoms. The Kier molecular flexibility index (Phi) is 2.58. The average molecular weight is 329 g/mol. The second-order valence-corrected chi connectivity index (χ2v) is 12.6. The molecule has 11 atom stereocenters. The van der Waals surface area contributed by atoms with Crippen LogP contribution in [0, 0.1) is 68.5 Å². The SMILES string of the molecule is CC1C2C3CC(C)C(C)(C)C4(C)C(C1C2(C)C3)C1(C)CC(C)C14C. The van der Waals surface area contributed by atoms with Crippen LogP contribution in [0.15, 0.2) is 0 Å². The fraction of sp³-hybridized carbons (Fsp3) is 1.00. The molecule has 11 unspecified atom stereocenters. The van der Waals surface area contributed by atoms with Gasteiger partial charge in [-0.25, -0.2) is 0 Å². The van der Waals surface area contributed by atoms with E-state index in [1.807, 2.05) is 0 Å². The minimum atomic E-state index is 0.460. The summed E-state index contributed by atoms with van der Waals surface area (Å²) < 4.78 is 0. The first-order valence-electron chi connectivity index (χ1n) is 10.9. The molecule has 0 saturated heterocycles. The van der Waals surface area contributed by atoms with Crippen molar-refractivity contribution >= 4 is 0 Å². The van der Waals surface area contributed by atoms with Gasteiger partial charge in [-0.05, 0) is 87.8 Å². The Labute approximate surface area is 150 Å². The van der Waals surface area contributed by atoms with Crippen LogP contribution in [0.25, 0.3) is 0 Å². The quantitative estimate of drug-likeness (QED) is 0.467. The van der Waals surface area contributed by atoms with Gasteiger partial charge in [0.15, 0.2) is 0 Å². The van der Waals surface area contributed by atoms with Gasteiger partial charge in [-0.15, -0.1) is 0 Å². The molecule has 5 aliphatic carbocycles. The van der Waals surface area contributed by atoms with Gasteiger partial charge in [-0.1, -0.05) is 62.3 Å². The van der Waals surface area contributed by atoms with E-state index in [4.69, 9.17) is 0 Å². The normalized spacial score (nSPS) is 71.6. The lowest BCUT2D eigenvalue weighted by Gasteiger charge is -2.90. The van der Waals surface area contributed by atoms with E-state index >= 15 is 0 Å². The van der Waals surface area contributed by atoms with Crippen molar-refractivity contribution in [1.82, 2.24) is 0 Å². The zero-order valence-corrected chi connectivity index (χ0v) is 17.7. The fourth-order valence-corrected chi connectivity index (χ4v) is 11.2. The molecule has 0 aromatic rings. The lowest BCUT2D eigenvalue weighted by molar-refractivity contribution is -0.431. The molecule has 0 radical (unpaired) electrons. The summed E-state index contributed by atoms with van der Waals surface area (Å²) >= 11 is 0. The first kappa shape index (κ1) is 16.2. The van der Waals surface area contributed by atoms with Crippen LogP contribution < -0.4 is 0 Å². The van der Waals surface area contributed by atoms with Crippen LogP contribution in [-0.2, 0) is 0 Å². The van der Waals surface area contributed by atoms with Crippen molar-refractivity contribution in [3.05, 3.63) is 0 Å². The summed E-state index contributed by atoms with van der Waals surface area (Å²) in [5, 5.41) is 0.